The Morgan fingerprint density at radius 1 is 1.41 bits per heavy atom. The van der Waals surface area contributed by atoms with Gasteiger partial charge in [0.2, 0.25) is 0 Å². The van der Waals surface area contributed by atoms with Crippen molar-refractivity contribution in [2.75, 3.05) is 0 Å². The van der Waals surface area contributed by atoms with Crippen LogP contribution in [0.1, 0.15) is 29.2 Å². The van der Waals surface area contributed by atoms with E-state index in [2.05, 4.69) is 0 Å². The average Bonchev–Trinajstić information content (AvgIpc) is 2.34. The Balaban J connectivity index is 3.27. The van der Waals surface area contributed by atoms with E-state index in [0.29, 0.717) is 12.0 Å². The molecule has 0 bridgehead atoms. The molecule has 86 valence electrons. The molecule has 0 aliphatic heterocycles. The lowest BCUT2D eigenvalue weighted by atomic mass is 9.94. The van der Waals surface area contributed by atoms with Crippen LogP contribution < -0.4 is 0 Å². The van der Waals surface area contributed by atoms with Crippen LogP contribution in [0.25, 0.3) is 0 Å². The van der Waals surface area contributed by atoms with E-state index < -0.39 is 12.1 Å². The van der Waals surface area contributed by atoms with E-state index in [1.807, 2.05) is 12.1 Å². The molecule has 2 N–H and O–H groups in total. The molecule has 0 amide bonds. The highest BCUT2D eigenvalue weighted by Crippen LogP contribution is 2.23. The number of benzene rings is 1. The second-order valence-electron chi connectivity index (χ2n) is 3.39. The highest BCUT2D eigenvalue weighted by Gasteiger charge is 2.22. The molecule has 5 heteroatoms. The van der Waals surface area contributed by atoms with E-state index in [1.165, 1.54) is 6.07 Å². The molecule has 0 aliphatic carbocycles. The van der Waals surface area contributed by atoms with Crippen molar-refractivity contribution in [2.45, 2.75) is 18.9 Å². The Morgan fingerprint density at radius 2 is 2.12 bits per heavy atom. The van der Waals surface area contributed by atoms with Crippen molar-refractivity contribution in [1.82, 2.24) is 0 Å². The van der Waals surface area contributed by atoms with Crippen molar-refractivity contribution < 1.29 is 15.0 Å². The third kappa shape index (κ3) is 2.81. The van der Waals surface area contributed by atoms with E-state index >= 15 is 0 Å². The summed E-state index contributed by atoms with van der Waals surface area (Å²) in [5.41, 5.74) is 0.716. The molecule has 5 nitrogen and oxygen atoms in total. The van der Waals surface area contributed by atoms with Gasteiger partial charge in [-0.3, -0.25) is 0 Å². The van der Waals surface area contributed by atoms with E-state index in [-0.39, 0.29) is 17.5 Å². The summed E-state index contributed by atoms with van der Waals surface area (Å²) in [5.74, 6) is -1.41. The molecule has 1 aromatic carbocycles. The Bertz CT molecular complexity index is 511. The van der Waals surface area contributed by atoms with Crippen LogP contribution in [0.4, 0.5) is 0 Å². The molecule has 0 aliphatic rings. The smallest absolute Gasteiger partial charge is 0.337 e. The van der Waals surface area contributed by atoms with E-state index in [0.717, 1.165) is 0 Å². The van der Waals surface area contributed by atoms with E-state index in [1.54, 1.807) is 12.1 Å². The van der Waals surface area contributed by atoms with Crippen LogP contribution in [0.15, 0.2) is 18.2 Å². The zero-order chi connectivity index (χ0) is 12.8. The number of hydrogen-bond acceptors (Lipinski definition) is 4. The summed E-state index contributed by atoms with van der Waals surface area (Å²) in [6.07, 6.45) is -1.22. The predicted molar refractivity (Wildman–Crippen MR) is 57.7 cm³/mol. The molecule has 17 heavy (non-hydrogen) atoms. The highest BCUT2D eigenvalue weighted by atomic mass is 16.4. The van der Waals surface area contributed by atoms with Crippen LogP contribution in [-0.4, -0.2) is 16.2 Å². The van der Waals surface area contributed by atoms with Crippen LogP contribution in [0.5, 0.6) is 0 Å². The van der Waals surface area contributed by atoms with Gasteiger partial charge in [-0.25, -0.2) is 4.79 Å². The maximum atomic E-state index is 10.8. The minimum atomic E-state index is -1.74. The molecule has 0 spiro atoms. The van der Waals surface area contributed by atoms with Gasteiger partial charge in [-0.2, -0.15) is 10.5 Å². The Hall–Kier alpha value is -2.37. The number of hydrogen-bond donors (Lipinski definition) is 2. The van der Waals surface area contributed by atoms with Crippen LogP contribution >= 0.6 is 0 Å². The molecule has 0 radical (unpaired) electrons. The minimum Gasteiger partial charge on any atom is -0.479 e. The van der Waals surface area contributed by atoms with Crippen molar-refractivity contribution in [3.63, 3.8) is 0 Å². The number of carboxylic acids is 1. The summed E-state index contributed by atoms with van der Waals surface area (Å²) in [5, 5.41) is 35.7. The lowest BCUT2D eigenvalue weighted by molar-refractivity contribution is -0.147. The monoisotopic (exact) mass is 230 g/mol. The summed E-state index contributed by atoms with van der Waals surface area (Å²) in [7, 11) is 0. The van der Waals surface area contributed by atoms with Gasteiger partial charge in [0, 0.05) is 12.0 Å². The standard InChI is InChI=1S/C12H10N2O3/c13-6-2-5-8-3-1-4-9(7-14)10(8)11(15)12(16)17/h1,3-4,11,15H,2,5H2,(H,16,17). The van der Waals surface area contributed by atoms with Crippen LogP contribution in [-0.2, 0) is 11.2 Å². The topological polar surface area (TPSA) is 105 Å². The number of carbonyl (C=O) groups is 1. The van der Waals surface area contributed by atoms with Gasteiger partial charge in [0.1, 0.15) is 0 Å². The molecule has 0 heterocycles. The summed E-state index contributed by atoms with van der Waals surface area (Å²) in [4.78, 5) is 10.8. The molecule has 1 unspecified atom stereocenters. The quantitative estimate of drug-likeness (QED) is 0.806. The van der Waals surface area contributed by atoms with Gasteiger partial charge in [0.25, 0.3) is 0 Å². The fourth-order valence-electron chi connectivity index (χ4n) is 1.57. The number of rotatable bonds is 4. The number of aliphatic carboxylic acids is 1. The number of aliphatic hydroxyl groups excluding tert-OH is 1. The van der Waals surface area contributed by atoms with Gasteiger partial charge in [-0.1, -0.05) is 12.1 Å². The van der Waals surface area contributed by atoms with Gasteiger partial charge in [-0.05, 0) is 18.1 Å². The van der Waals surface area contributed by atoms with Gasteiger partial charge >= 0.3 is 5.97 Å². The van der Waals surface area contributed by atoms with Gasteiger partial charge in [0.15, 0.2) is 6.10 Å². The maximum absolute atomic E-state index is 10.8. The second kappa shape index (κ2) is 5.64. The molecule has 0 saturated heterocycles. The fourth-order valence-corrected chi connectivity index (χ4v) is 1.57. The number of aryl methyl sites for hydroxylation is 1. The first kappa shape index (κ1) is 12.7. The molecular formula is C12H10N2O3. The normalized spacial score (nSPS) is 11.2. The number of nitriles is 2. The summed E-state index contributed by atoms with van der Waals surface area (Å²) >= 11 is 0. The van der Waals surface area contributed by atoms with Gasteiger partial charge < -0.3 is 10.2 Å². The van der Waals surface area contributed by atoms with E-state index in [9.17, 15) is 9.90 Å². The first-order valence-electron chi connectivity index (χ1n) is 4.91. The zero-order valence-electron chi connectivity index (χ0n) is 8.92. The average molecular weight is 230 g/mol. The van der Waals surface area contributed by atoms with Gasteiger partial charge in [0.05, 0.1) is 17.7 Å². The molecular weight excluding hydrogens is 220 g/mol. The Kier molecular flexibility index (Phi) is 4.21. The van der Waals surface area contributed by atoms with Crippen LogP contribution in [0.3, 0.4) is 0 Å². The first-order chi connectivity index (χ1) is 8.11. The van der Waals surface area contributed by atoms with Crippen molar-refractivity contribution in [2.24, 2.45) is 0 Å². The SMILES string of the molecule is N#CCCc1cccc(C#N)c1C(O)C(=O)O. The number of aliphatic hydroxyl groups is 1. The van der Waals surface area contributed by atoms with Crippen LogP contribution in [0.2, 0.25) is 0 Å². The maximum Gasteiger partial charge on any atom is 0.337 e. The van der Waals surface area contributed by atoms with E-state index in [4.69, 9.17) is 15.6 Å². The van der Waals surface area contributed by atoms with Crippen molar-refractivity contribution in [1.29, 1.82) is 10.5 Å². The molecule has 1 aromatic rings. The van der Waals surface area contributed by atoms with Crippen molar-refractivity contribution in [3.8, 4) is 12.1 Å². The Labute approximate surface area is 98.2 Å². The molecule has 0 saturated carbocycles. The predicted octanol–water partition coefficient (Wildman–Crippen LogP) is 1.13. The largest absolute Gasteiger partial charge is 0.479 e. The second-order valence-corrected chi connectivity index (χ2v) is 3.39. The van der Waals surface area contributed by atoms with Crippen molar-refractivity contribution >= 4 is 5.97 Å². The third-order valence-electron chi connectivity index (χ3n) is 2.33. The molecule has 1 atom stereocenters. The molecule has 0 fully saturated rings. The highest BCUT2D eigenvalue weighted by molar-refractivity contribution is 5.76. The van der Waals surface area contributed by atoms with Crippen molar-refractivity contribution in [3.05, 3.63) is 34.9 Å². The summed E-state index contributed by atoms with van der Waals surface area (Å²) < 4.78 is 0. The summed E-state index contributed by atoms with van der Waals surface area (Å²) in [6.45, 7) is 0. The lowest BCUT2D eigenvalue weighted by Gasteiger charge is -2.13. The minimum absolute atomic E-state index is 0.0813. The van der Waals surface area contributed by atoms with Gasteiger partial charge in [-0.15, -0.1) is 0 Å². The van der Waals surface area contributed by atoms with Crippen LogP contribution in [0, 0.1) is 22.7 Å². The zero-order valence-corrected chi connectivity index (χ0v) is 8.92. The Morgan fingerprint density at radius 3 is 2.65 bits per heavy atom. The molecule has 0 aromatic heterocycles. The third-order valence-corrected chi connectivity index (χ3v) is 2.33. The number of nitrogens with zero attached hydrogens (tertiary/aromatic N) is 2. The molecule has 1 rings (SSSR count). The first-order valence-corrected chi connectivity index (χ1v) is 4.91. The lowest BCUT2D eigenvalue weighted by Crippen LogP contribution is -2.14. The fraction of sp³-hybridized carbons (Fsp3) is 0.250. The number of carboxylic acid groups (broad SMARTS) is 1. The summed E-state index contributed by atoms with van der Waals surface area (Å²) in [6, 6.07) is 8.43.